The monoisotopic (exact) mass is 475 g/mol. The number of nitrogens with one attached hydrogen (secondary N) is 1. The van der Waals surface area contributed by atoms with E-state index in [1.165, 1.54) is 0 Å². The molecule has 0 aliphatic carbocycles. The van der Waals surface area contributed by atoms with Crippen molar-refractivity contribution in [2.24, 2.45) is 0 Å². The van der Waals surface area contributed by atoms with Gasteiger partial charge < -0.3 is 15.1 Å². The van der Waals surface area contributed by atoms with Crippen LogP contribution in [0.3, 0.4) is 0 Å². The number of hydrogen-bond donors (Lipinski definition) is 1. The number of pyridine rings is 1. The van der Waals surface area contributed by atoms with E-state index in [4.69, 9.17) is 0 Å². The molecule has 138 valence electrons. The first-order valence-electron chi connectivity index (χ1n) is 8.50. The van der Waals surface area contributed by atoms with Crippen molar-refractivity contribution in [2.45, 2.75) is 0 Å². The van der Waals surface area contributed by atoms with Crippen molar-refractivity contribution >= 4 is 40.2 Å². The fourth-order valence-electron chi connectivity index (χ4n) is 2.91. The molecule has 8 heteroatoms. The fraction of sp³-hybridized carbons (Fsp3) is 0.263. The Morgan fingerprint density at radius 1 is 1.15 bits per heavy atom. The lowest BCUT2D eigenvalue weighted by atomic mass is 10.2. The van der Waals surface area contributed by atoms with Crippen LogP contribution < -0.4 is 10.2 Å². The summed E-state index contributed by atoms with van der Waals surface area (Å²) in [5.41, 5.74) is 1.09. The maximum Gasteiger partial charge on any atom is 0.252 e. The van der Waals surface area contributed by atoms with E-state index in [0.29, 0.717) is 43.1 Å². The highest BCUT2D eigenvalue weighted by Gasteiger charge is 2.23. The van der Waals surface area contributed by atoms with Gasteiger partial charge in [-0.25, -0.2) is 4.98 Å². The fourth-order valence-corrected chi connectivity index (χ4v) is 3.54. The molecule has 1 aromatic carbocycles. The second kappa shape index (κ2) is 8.81. The van der Waals surface area contributed by atoms with Crippen LogP contribution >= 0.6 is 22.6 Å². The third-order valence-electron chi connectivity index (χ3n) is 4.36. The molecular formula is C19H18IN5O2. The molecule has 0 atom stereocenters. The largest absolute Gasteiger partial charge is 0.352 e. The van der Waals surface area contributed by atoms with Gasteiger partial charge in [0.15, 0.2) is 0 Å². The summed E-state index contributed by atoms with van der Waals surface area (Å²) in [6.45, 7) is 2.22. The minimum absolute atomic E-state index is 0.0309. The number of halogens is 1. The Morgan fingerprint density at radius 2 is 1.89 bits per heavy atom. The molecule has 1 N–H and O–H groups in total. The van der Waals surface area contributed by atoms with Crippen molar-refractivity contribution in [3.05, 3.63) is 57.3 Å². The van der Waals surface area contributed by atoms with Crippen LogP contribution in [0.25, 0.3) is 0 Å². The van der Waals surface area contributed by atoms with Crippen LogP contribution in [0.5, 0.6) is 0 Å². The SMILES string of the molecule is N#Cc1cccnc1N1CCN(C(=O)CNC(=O)c2ccccc2I)CC1. The van der Waals surface area contributed by atoms with Gasteiger partial charge >= 0.3 is 0 Å². The van der Waals surface area contributed by atoms with Gasteiger partial charge in [0.25, 0.3) is 5.91 Å². The Labute approximate surface area is 171 Å². The van der Waals surface area contributed by atoms with E-state index in [1.807, 2.05) is 17.0 Å². The number of hydrogen-bond acceptors (Lipinski definition) is 5. The number of piperazine rings is 1. The van der Waals surface area contributed by atoms with E-state index >= 15 is 0 Å². The Kier molecular flexibility index (Phi) is 6.24. The first-order chi connectivity index (χ1) is 13.1. The van der Waals surface area contributed by atoms with Crippen LogP contribution in [0.15, 0.2) is 42.6 Å². The van der Waals surface area contributed by atoms with Gasteiger partial charge in [0, 0.05) is 35.9 Å². The van der Waals surface area contributed by atoms with Crippen molar-refractivity contribution < 1.29 is 9.59 Å². The third-order valence-corrected chi connectivity index (χ3v) is 5.30. The average molecular weight is 475 g/mol. The highest BCUT2D eigenvalue weighted by molar-refractivity contribution is 14.1. The molecule has 0 spiro atoms. The van der Waals surface area contributed by atoms with Gasteiger partial charge in [-0.15, -0.1) is 0 Å². The van der Waals surface area contributed by atoms with Crippen molar-refractivity contribution in [1.29, 1.82) is 5.26 Å². The first kappa shape index (κ1) is 19.1. The summed E-state index contributed by atoms with van der Waals surface area (Å²) < 4.78 is 0.845. The van der Waals surface area contributed by atoms with E-state index in [1.54, 1.807) is 35.4 Å². The van der Waals surface area contributed by atoms with E-state index in [2.05, 4.69) is 39.0 Å². The summed E-state index contributed by atoms with van der Waals surface area (Å²) in [5, 5.41) is 11.9. The first-order valence-corrected chi connectivity index (χ1v) is 9.58. The number of nitriles is 1. The molecule has 3 rings (SSSR count). The average Bonchev–Trinajstić information content (AvgIpc) is 2.72. The topological polar surface area (TPSA) is 89.3 Å². The van der Waals surface area contributed by atoms with E-state index in [9.17, 15) is 14.9 Å². The standard InChI is InChI=1S/C19H18IN5O2/c20-16-6-2-1-5-15(16)19(27)23-13-17(26)24-8-10-25(11-9-24)18-14(12-21)4-3-7-22-18/h1-7H,8-11,13H2,(H,23,27). The lowest BCUT2D eigenvalue weighted by Crippen LogP contribution is -2.51. The van der Waals surface area contributed by atoms with Gasteiger partial charge in [-0.1, -0.05) is 12.1 Å². The lowest BCUT2D eigenvalue weighted by Gasteiger charge is -2.35. The van der Waals surface area contributed by atoms with Gasteiger partial charge in [0.2, 0.25) is 5.91 Å². The molecule has 0 bridgehead atoms. The van der Waals surface area contributed by atoms with Crippen molar-refractivity contribution in [3.63, 3.8) is 0 Å². The smallest absolute Gasteiger partial charge is 0.252 e. The van der Waals surface area contributed by atoms with Gasteiger partial charge in [0.1, 0.15) is 11.9 Å². The molecule has 2 heterocycles. The predicted octanol–water partition coefficient (Wildman–Crippen LogP) is 1.64. The van der Waals surface area contributed by atoms with Gasteiger partial charge in [0.05, 0.1) is 17.7 Å². The van der Waals surface area contributed by atoms with Crippen molar-refractivity contribution in [3.8, 4) is 6.07 Å². The molecular weight excluding hydrogens is 457 g/mol. The molecule has 2 aromatic rings. The van der Waals surface area contributed by atoms with Gasteiger partial charge in [-0.2, -0.15) is 5.26 Å². The van der Waals surface area contributed by atoms with Crippen LogP contribution in [-0.2, 0) is 4.79 Å². The summed E-state index contributed by atoms with van der Waals surface area (Å²) >= 11 is 2.10. The number of benzene rings is 1. The predicted molar refractivity (Wildman–Crippen MR) is 109 cm³/mol. The lowest BCUT2D eigenvalue weighted by molar-refractivity contribution is -0.130. The normalized spacial score (nSPS) is 13.8. The molecule has 1 saturated heterocycles. The van der Waals surface area contributed by atoms with Crippen LogP contribution in [0, 0.1) is 14.9 Å². The molecule has 27 heavy (non-hydrogen) atoms. The minimum atomic E-state index is -0.251. The zero-order chi connectivity index (χ0) is 19.2. The van der Waals surface area contributed by atoms with E-state index < -0.39 is 0 Å². The molecule has 1 fully saturated rings. The second-order valence-electron chi connectivity index (χ2n) is 6.02. The number of amides is 2. The minimum Gasteiger partial charge on any atom is -0.352 e. The highest BCUT2D eigenvalue weighted by Crippen LogP contribution is 2.18. The molecule has 0 unspecified atom stereocenters. The second-order valence-corrected chi connectivity index (χ2v) is 7.18. The van der Waals surface area contributed by atoms with Crippen LogP contribution in [0.1, 0.15) is 15.9 Å². The highest BCUT2D eigenvalue weighted by atomic mass is 127. The number of anilines is 1. The number of rotatable bonds is 4. The molecule has 0 radical (unpaired) electrons. The summed E-state index contributed by atoms with van der Waals surface area (Å²) in [4.78, 5) is 32.7. The number of carbonyl (C=O) groups is 2. The quantitative estimate of drug-likeness (QED) is 0.680. The van der Waals surface area contributed by atoms with Crippen LogP contribution in [-0.4, -0.2) is 54.4 Å². The molecule has 1 aromatic heterocycles. The number of aromatic nitrogens is 1. The Balaban J connectivity index is 1.52. The zero-order valence-corrected chi connectivity index (χ0v) is 16.7. The maximum atomic E-state index is 12.4. The van der Waals surface area contributed by atoms with E-state index in [-0.39, 0.29) is 18.4 Å². The summed E-state index contributed by atoms with van der Waals surface area (Å²) in [6, 6.07) is 12.9. The van der Waals surface area contributed by atoms with Gasteiger partial charge in [-0.05, 0) is 46.9 Å². The number of carbonyl (C=O) groups excluding carboxylic acids is 2. The maximum absolute atomic E-state index is 12.4. The van der Waals surface area contributed by atoms with Crippen molar-refractivity contribution in [1.82, 2.24) is 15.2 Å². The van der Waals surface area contributed by atoms with Gasteiger partial charge in [-0.3, -0.25) is 9.59 Å². The Morgan fingerprint density at radius 3 is 2.59 bits per heavy atom. The third kappa shape index (κ3) is 4.54. The molecule has 7 nitrogen and oxygen atoms in total. The number of nitrogens with zero attached hydrogens (tertiary/aromatic N) is 4. The molecule has 1 aliphatic heterocycles. The van der Waals surface area contributed by atoms with Crippen molar-refractivity contribution in [2.75, 3.05) is 37.6 Å². The summed E-state index contributed by atoms with van der Waals surface area (Å²) in [7, 11) is 0. The van der Waals surface area contributed by atoms with Crippen LogP contribution in [0.2, 0.25) is 0 Å². The summed E-state index contributed by atoms with van der Waals surface area (Å²) in [5.74, 6) is 0.286. The molecule has 2 amide bonds. The van der Waals surface area contributed by atoms with Crippen LogP contribution in [0.4, 0.5) is 5.82 Å². The Bertz CT molecular complexity index is 888. The van der Waals surface area contributed by atoms with E-state index in [0.717, 1.165) is 3.57 Å². The molecule has 1 aliphatic rings. The Hall–Kier alpha value is -2.67. The zero-order valence-electron chi connectivity index (χ0n) is 14.6. The molecule has 0 saturated carbocycles. The summed E-state index contributed by atoms with van der Waals surface area (Å²) in [6.07, 6.45) is 1.66.